The van der Waals surface area contributed by atoms with Crippen LogP contribution >= 0.6 is 11.6 Å². The first-order chi connectivity index (χ1) is 20.1. The van der Waals surface area contributed by atoms with Crippen molar-refractivity contribution in [3.05, 3.63) is 139 Å². The third-order valence-corrected chi connectivity index (χ3v) is 5.86. The molecule has 14 heteroatoms. The van der Waals surface area contributed by atoms with Crippen molar-refractivity contribution < 1.29 is 29.0 Å². The van der Waals surface area contributed by atoms with Crippen LogP contribution in [0.5, 0.6) is 5.75 Å². The number of carbonyl (C=O) groups is 3. The number of hydrogen-bond acceptors (Lipinski definition) is 9. The lowest BCUT2D eigenvalue weighted by Crippen LogP contribution is -2.18. The number of halogens is 1. The van der Waals surface area contributed by atoms with Crippen molar-refractivity contribution in [3.63, 3.8) is 0 Å². The summed E-state index contributed by atoms with van der Waals surface area (Å²) in [6.07, 6.45) is 1.06. The molecule has 2 N–H and O–H groups in total. The van der Waals surface area contributed by atoms with Gasteiger partial charge in [0, 0.05) is 45.6 Å². The fraction of sp³-hybridized carbons (Fsp3) is 0. The van der Waals surface area contributed by atoms with Crippen molar-refractivity contribution in [2.75, 3.05) is 5.32 Å². The average molecular weight is 588 g/mol. The van der Waals surface area contributed by atoms with Crippen LogP contribution in [0.25, 0.3) is 0 Å². The molecule has 0 saturated heterocycles. The topological polar surface area (TPSA) is 183 Å². The first kappa shape index (κ1) is 29.0. The standard InChI is InChI=1S/C28H18ClN5O8/c29-21-10-4-17(5-11-21)26(35)31-22-12-6-18(7-13-22)27(36)32-30-16-20-2-1-3-24(34(40)41)25(20)42-28(37)19-8-14-23(15-9-19)33(38)39/h1-16H,(H,31,35)(H,32,36)/b30-16+. The second-order valence-electron chi connectivity index (χ2n) is 8.38. The molecule has 0 spiro atoms. The highest BCUT2D eigenvalue weighted by molar-refractivity contribution is 6.30. The molecule has 0 aromatic heterocycles. The fourth-order valence-corrected chi connectivity index (χ4v) is 3.63. The Labute approximate surface area is 241 Å². The third-order valence-electron chi connectivity index (χ3n) is 5.61. The molecule has 210 valence electrons. The number of hydrogen-bond donors (Lipinski definition) is 2. The van der Waals surface area contributed by atoms with Gasteiger partial charge in [-0.05, 0) is 66.7 Å². The van der Waals surface area contributed by atoms with Gasteiger partial charge in [-0.25, -0.2) is 10.2 Å². The van der Waals surface area contributed by atoms with Crippen molar-refractivity contribution in [2.45, 2.75) is 0 Å². The number of hydrazone groups is 1. The zero-order valence-corrected chi connectivity index (χ0v) is 22.0. The molecule has 0 saturated carbocycles. The molecule has 4 aromatic carbocycles. The highest BCUT2D eigenvalue weighted by Crippen LogP contribution is 2.31. The van der Waals surface area contributed by atoms with Gasteiger partial charge in [0.05, 0.1) is 21.6 Å². The van der Waals surface area contributed by atoms with Gasteiger partial charge in [0.25, 0.3) is 17.5 Å². The van der Waals surface area contributed by atoms with Gasteiger partial charge < -0.3 is 10.1 Å². The summed E-state index contributed by atoms with van der Waals surface area (Å²) in [6.45, 7) is 0. The molecule has 0 unspecified atom stereocenters. The molecule has 0 fully saturated rings. The second-order valence-corrected chi connectivity index (χ2v) is 8.82. The molecule has 0 heterocycles. The zero-order chi connectivity index (χ0) is 30.2. The van der Waals surface area contributed by atoms with Gasteiger partial charge in [-0.15, -0.1) is 0 Å². The summed E-state index contributed by atoms with van der Waals surface area (Å²) in [4.78, 5) is 58.5. The number of non-ortho nitro benzene ring substituents is 1. The van der Waals surface area contributed by atoms with E-state index >= 15 is 0 Å². The van der Waals surface area contributed by atoms with E-state index in [2.05, 4.69) is 15.8 Å². The molecule has 4 rings (SSSR count). The third kappa shape index (κ3) is 7.16. The van der Waals surface area contributed by atoms with Crippen molar-refractivity contribution in [2.24, 2.45) is 5.10 Å². The van der Waals surface area contributed by atoms with Gasteiger partial charge in [0.1, 0.15) is 0 Å². The minimum Gasteiger partial charge on any atom is -0.415 e. The van der Waals surface area contributed by atoms with Crippen LogP contribution in [0.4, 0.5) is 17.1 Å². The summed E-state index contributed by atoms with van der Waals surface area (Å²) in [5, 5.41) is 29.4. The Balaban J connectivity index is 1.44. The van der Waals surface area contributed by atoms with Gasteiger partial charge in [0.15, 0.2) is 0 Å². The Morgan fingerprint density at radius 1 is 0.762 bits per heavy atom. The van der Waals surface area contributed by atoms with Crippen LogP contribution in [0.3, 0.4) is 0 Å². The normalized spacial score (nSPS) is 10.6. The summed E-state index contributed by atoms with van der Waals surface area (Å²) >= 11 is 5.83. The maximum Gasteiger partial charge on any atom is 0.343 e. The van der Waals surface area contributed by atoms with E-state index < -0.39 is 33.2 Å². The van der Waals surface area contributed by atoms with Gasteiger partial charge in [-0.2, -0.15) is 5.10 Å². The molecule has 13 nitrogen and oxygen atoms in total. The number of para-hydroxylation sites is 1. The number of nitro groups is 2. The van der Waals surface area contributed by atoms with Crippen LogP contribution in [-0.2, 0) is 0 Å². The summed E-state index contributed by atoms with van der Waals surface area (Å²) in [5.74, 6) is -2.43. The van der Waals surface area contributed by atoms with Crippen LogP contribution in [0, 0.1) is 20.2 Å². The summed E-state index contributed by atoms with van der Waals surface area (Å²) in [6, 6.07) is 20.6. The van der Waals surface area contributed by atoms with Crippen LogP contribution in [-0.4, -0.2) is 33.8 Å². The Bertz CT molecular complexity index is 1710. The zero-order valence-electron chi connectivity index (χ0n) is 21.2. The predicted molar refractivity (Wildman–Crippen MR) is 152 cm³/mol. The largest absolute Gasteiger partial charge is 0.415 e. The smallest absolute Gasteiger partial charge is 0.343 e. The molecule has 2 amide bonds. The van der Waals surface area contributed by atoms with E-state index in [9.17, 15) is 34.6 Å². The lowest BCUT2D eigenvalue weighted by molar-refractivity contribution is -0.385. The van der Waals surface area contributed by atoms with Crippen molar-refractivity contribution in [3.8, 4) is 5.75 Å². The number of benzene rings is 4. The Morgan fingerprint density at radius 3 is 1.98 bits per heavy atom. The number of nitrogens with zero attached hydrogens (tertiary/aromatic N) is 3. The maximum absolute atomic E-state index is 12.6. The number of carbonyl (C=O) groups excluding carboxylic acids is 3. The second kappa shape index (κ2) is 12.9. The molecule has 42 heavy (non-hydrogen) atoms. The number of rotatable bonds is 9. The highest BCUT2D eigenvalue weighted by atomic mass is 35.5. The number of amides is 2. The quantitative estimate of drug-likeness (QED) is 0.0858. The van der Waals surface area contributed by atoms with E-state index in [-0.39, 0.29) is 28.3 Å². The Hall–Kier alpha value is -5.95. The van der Waals surface area contributed by atoms with E-state index in [1.165, 1.54) is 36.4 Å². The summed E-state index contributed by atoms with van der Waals surface area (Å²) in [5.41, 5.74) is 2.42. The van der Waals surface area contributed by atoms with Crippen molar-refractivity contribution in [1.29, 1.82) is 0 Å². The lowest BCUT2D eigenvalue weighted by atomic mass is 10.1. The van der Waals surface area contributed by atoms with Gasteiger partial charge >= 0.3 is 11.7 Å². The molecule has 0 aliphatic carbocycles. The van der Waals surface area contributed by atoms with Gasteiger partial charge in [-0.3, -0.25) is 29.8 Å². The van der Waals surface area contributed by atoms with Crippen molar-refractivity contribution in [1.82, 2.24) is 5.43 Å². The Morgan fingerprint density at radius 2 is 1.36 bits per heavy atom. The highest BCUT2D eigenvalue weighted by Gasteiger charge is 2.22. The summed E-state index contributed by atoms with van der Waals surface area (Å²) in [7, 11) is 0. The summed E-state index contributed by atoms with van der Waals surface area (Å²) < 4.78 is 5.25. The maximum atomic E-state index is 12.6. The number of nitro benzene ring substituents is 2. The molecule has 0 aliphatic heterocycles. The number of ether oxygens (including phenoxy) is 1. The van der Waals surface area contributed by atoms with Crippen molar-refractivity contribution >= 4 is 52.7 Å². The molecule has 0 radical (unpaired) electrons. The van der Waals surface area contributed by atoms with E-state index in [1.54, 1.807) is 24.3 Å². The van der Waals surface area contributed by atoms with Crippen LogP contribution in [0.1, 0.15) is 36.6 Å². The van der Waals surface area contributed by atoms with Gasteiger partial charge in [0.2, 0.25) is 5.75 Å². The minimum atomic E-state index is -0.999. The SMILES string of the molecule is O=C(N/N=C/c1cccc([N+](=O)[O-])c1OC(=O)c1ccc([N+](=O)[O-])cc1)c1ccc(NC(=O)c2ccc(Cl)cc2)cc1. The monoisotopic (exact) mass is 587 g/mol. The van der Waals surface area contributed by atoms with Crippen LogP contribution in [0.15, 0.2) is 96.1 Å². The van der Waals surface area contributed by atoms with Crippen LogP contribution in [0.2, 0.25) is 5.02 Å². The molecule has 0 bridgehead atoms. The molecule has 0 aliphatic rings. The molecular weight excluding hydrogens is 570 g/mol. The number of esters is 1. The number of anilines is 1. The Kier molecular flexibility index (Phi) is 8.94. The van der Waals surface area contributed by atoms with Gasteiger partial charge in [-0.1, -0.05) is 17.7 Å². The molecule has 4 aromatic rings. The number of nitrogens with one attached hydrogen (secondary N) is 2. The van der Waals surface area contributed by atoms with E-state index in [1.807, 2.05) is 0 Å². The predicted octanol–water partition coefficient (Wildman–Crippen LogP) is 5.39. The minimum absolute atomic E-state index is 0.0000199. The average Bonchev–Trinajstić information content (AvgIpc) is 2.98. The lowest BCUT2D eigenvalue weighted by Gasteiger charge is -2.08. The van der Waals surface area contributed by atoms with E-state index in [0.717, 1.165) is 36.5 Å². The van der Waals surface area contributed by atoms with E-state index in [4.69, 9.17) is 16.3 Å². The first-order valence-electron chi connectivity index (χ1n) is 11.9. The van der Waals surface area contributed by atoms with E-state index in [0.29, 0.717) is 16.3 Å². The fourth-order valence-electron chi connectivity index (χ4n) is 3.50. The van der Waals surface area contributed by atoms with Crippen LogP contribution < -0.4 is 15.5 Å². The first-order valence-corrected chi connectivity index (χ1v) is 12.2. The molecular formula is C28H18ClN5O8. The molecule has 0 atom stereocenters.